The van der Waals surface area contributed by atoms with Gasteiger partial charge in [-0.15, -0.1) is 11.6 Å². The summed E-state index contributed by atoms with van der Waals surface area (Å²) in [6, 6.07) is 6.37. The third-order valence-electron chi connectivity index (χ3n) is 2.96. The Morgan fingerprint density at radius 3 is 2.20 bits per heavy atom. The van der Waals surface area contributed by atoms with Crippen LogP contribution in [0.4, 0.5) is 0 Å². The second kappa shape index (κ2) is 6.52. The van der Waals surface area contributed by atoms with E-state index < -0.39 is 17.8 Å². The first-order valence-electron chi connectivity index (χ1n) is 6.39. The molecule has 20 heavy (non-hydrogen) atoms. The van der Waals surface area contributed by atoms with Gasteiger partial charge in [-0.25, -0.2) is 4.79 Å². The van der Waals surface area contributed by atoms with E-state index in [1.807, 2.05) is 0 Å². The van der Waals surface area contributed by atoms with E-state index in [1.54, 1.807) is 12.1 Å². The van der Waals surface area contributed by atoms with Gasteiger partial charge in [0.15, 0.2) is 0 Å². The Morgan fingerprint density at radius 1 is 1.05 bits per heavy atom. The molecule has 0 bridgehead atoms. The highest BCUT2D eigenvalue weighted by molar-refractivity contribution is 6.20. The monoisotopic (exact) mass is 295 g/mol. The van der Waals surface area contributed by atoms with Crippen LogP contribution in [0.15, 0.2) is 24.3 Å². The molecule has 0 saturated carbocycles. The van der Waals surface area contributed by atoms with E-state index in [4.69, 9.17) is 16.4 Å². The van der Waals surface area contributed by atoms with Gasteiger partial charge >= 0.3 is 5.97 Å². The molecule has 1 aromatic carbocycles. The summed E-state index contributed by atoms with van der Waals surface area (Å²) in [5, 5.41) is 0.536. The maximum absolute atomic E-state index is 11.9. The van der Waals surface area contributed by atoms with E-state index in [2.05, 4.69) is 0 Å². The first-order chi connectivity index (χ1) is 9.65. The van der Waals surface area contributed by atoms with Gasteiger partial charge in [-0.3, -0.25) is 9.59 Å². The highest BCUT2D eigenvalue weighted by Gasteiger charge is 2.38. The average molecular weight is 296 g/mol. The largest absolute Gasteiger partial charge is 0.333 e. The summed E-state index contributed by atoms with van der Waals surface area (Å²) in [7, 11) is 0. The molecule has 106 valence electrons. The molecule has 1 aliphatic heterocycles. The molecule has 0 atom stereocenters. The Kier molecular flexibility index (Phi) is 4.74. The third kappa shape index (κ3) is 2.99. The van der Waals surface area contributed by atoms with Crippen LogP contribution in [0.1, 0.15) is 46.4 Å². The van der Waals surface area contributed by atoms with Gasteiger partial charge in [-0.1, -0.05) is 23.6 Å². The number of hydrogen-bond donors (Lipinski definition) is 0. The molecule has 0 aliphatic carbocycles. The molecule has 0 fully saturated rings. The molecule has 1 heterocycles. The van der Waals surface area contributed by atoms with E-state index in [0.717, 1.165) is 12.8 Å². The standard InChI is InChI=1S/C14H14ClNO4/c15-9-5-1-2-8-12(17)20-16-13(18)10-6-3-4-7-11(10)14(16)19/h3-4,6-7H,1-2,5,8-9H2. The fraction of sp³-hybridized carbons (Fsp3) is 0.357. The minimum atomic E-state index is -0.597. The molecule has 0 N–H and O–H groups in total. The van der Waals surface area contributed by atoms with Crippen LogP contribution >= 0.6 is 11.6 Å². The Labute approximate surface area is 121 Å². The number of hydrogen-bond acceptors (Lipinski definition) is 4. The summed E-state index contributed by atoms with van der Waals surface area (Å²) in [5.74, 6) is -1.23. The SMILES string of the molecule is O=C(CCCCCCl)ON1C(=O)c2ccccc2C1=O. The van der Waals surface area contributed by atoms with Crippen LogP contribution in [-0.4, -0.2) is 28.7 Å². The highest BCUT2D eigenvalue weighted by Crippen LogP contribution is 2.22. The van der Waals surface area contributed by atoms with Crippen LogP contribution in [0.2, 0.25) is 0 Å². The van der Waals surface area contributed by atoms with Crippen molar-refractivity contribution in [2.75, 3.05) is 5.88 Å². The Balaban J connectivity index is 1.93. The van der Waals surface area contributed by atoms with E-state index in [1.165, 1.54) is 12.1 Å². The molecule has 0 unspecified atom stereocenters. The normalized spacial score (nSPS) is 13.6. The summed E-state index contributed by atoms with van der Waals surface area (Å²) < 4.78 is 0. The number of unbranched alkanes of at least 4 members (excludes halogenated alkanes) is 2. The summed E-state index contributed by atoms with van der Waals surface area (Å²) in [5.41, 5.74) is 0.514. The lowest BCUT2D eigenvalue weighted by molar-refractivity contribution is -0.168. The number of hydroxylamine groups is 2. The lowest BCUT2D eigenvalue weighted by Gasteiger charge is -2.12. The molecule has 6 heteroatoms. The van der Waals surface area contributed by atoms with Gasteiger partial charge in [0.25, 0.3) is 11.8 Å². The van der Waals surface area contributed by atoms with E-state index in [-0.39, 0.29) is 17.5 Å². The summed E-state index contributed by atoms with van der Waals surface area (Å²) in [6.45, 7) is 0. The quantitative estimate of drug-likeness (QED) is 0.459. The molecule has 5 nitrogen and oxygen atoms in total. The van der Waals surface area contributed by atoms with Gasteiger partial charge in [-0.2, -0.15) is 0 Å². The summed E-state index contributed by atoms with van der Waals surface area (Å²) >= 11 is 5.53. The number of alkyl halides is 1. The third-order valence-corrected chi connectivity index (χ3v) is 3.23. The molecule has 2 rings (SSSR count). The number of imide groups is 1. The molecule has 0 radical (unpaired) electrons. The Hall–Kier alpha value is -1.88. The number of carbonyl (C=O) groups excluding carboxylic acids is 3. The molecule has 2 amide bonds. The van der Waals surface area contributed by atoms with Crippen LogP contribution < -0.4 is 0 Å². The van der Waals surface area contributed by atoms with Gasteiger partial charge in [-0.05, 0) is 25.0 Å². The van der Waals surface area contributed by atoms with Gasteiger partial charge < -0.3 is 4.84 Å². The van der Waals surface area contributed by atoms with Crippen LogP contribution in [0.3, 0.4) is 0 Å². The average Bonchev–Trinajstić information content (AvgIpc) is 2.69. The van der Waals surface area contributed by atoms with Crippen molar-refractivity contribution in [3.8, 4) is 0 Å². The predicted octanol–water partition coefficient (Wildman–Crippen LogP) is 2.54. The second-order valence-electron chi connectivity index (χ2n) is 4.41. The maximum atomic E-state index is 11.9. The van der Waals surface area contributed by atoms with Crippen molar-refractivity contribution in [2.24, 2.45) is 0 Å². The number of rotatable bonds is 6. The van der Waals surface area contributed by atoms with Crippen molar-refractivity contribution in [3.05, 3.63) is 35.4 Å². The van der Waals surface area contributed by atoms with Crippen molar-refractivity contribution in [1.82, 2.24) is 5.06 Å². The Bertz CT molecular complexity index is 509. The zero-order valence-electron chi connectivity index (χ0n) is 10.8. The van der Waals surface area contributed by atoms with Crippen molar-refractivity contribution in [3.63, 3.8) is 0 Å². The van der Waals surface area contributed by atoms with Crippen molar-refractivity contribution in [1.29, 1.82) is 0 Å². The van der Waals surface area contributed by atoms with Crippen molar-refractivity contribution >= 4 is 29.4 Å². The van der Waals surface area contributed by atoms with Gasteiger partial charge in [0.2, 0.25) is 0 Å². The zero-order valence-corrected chi connectivity index (χ0v) is 11.6. The number of amides is 2. The smallest absolute Gasteiger partial charge is 0.330 e. The van der Waals surface area contributed by atoms with Crippen LogP contribution in [0.25, 0.3) is 0 Å². The molecule has 0 saturated heterocycles. The number of benzene rings is 1. The highest BCUT2D eigenvalue weighted by atomic mass is 35.5. The lowest BCUT2D eigenvalue weighted by atomic mass is 10.1. The maximum Gasteiger partial charge on any atom is 0.333 e. The number of halogens is 1. The summed E-state index contributed by atoms with van der Waals surface area (Å²) in [4.78, 5) is 40.3. The first kappa shape index (κ1) is 14.5. The fourth-order valence-electron chi connectivity index (χ4n) is 1.94. The second-order valence-corrected chi connectivity index (χ2v) is 4.79. The van der Waals surface area contributed by atoms with Crippen LogP contribution in [0, 0.1) is 0 Å². The fourth-order valence-corrected chi connectivity index (χ4v) is 2.13. The van der Waals surface area contributed by atoms with E-state index in [0.29, 0.717) is 17.4 Å². The molecule has 1 aliphatic rings. The van der Waals surface area contributed by atoms with Crippen molar-refractivity contribution in [2.45, 2.75) is 25.7 Å². The lowest BCUT2D eigenvalue weighted by Crippen LogP contribution is -2.32. The number of nitrogens with zero attached hydrogens (tertiary/aromatic N) is 1. The first-order valence-corrected chi connectivity index (χ1v) is 6.93. The molecular formula is C14H14ClNO4. The topological polar surface area (TPSA) is 63.7 Å². The minimum absolute atomic E-state index is 0.157. The van der Waals surface area contributed by atoms with Gasteiger partial charge in [0.1, 0.15) is 0 Å². The molecule has 0 aromatic heterocycles. The number of fused-ring (bicyclic) bond motifs is 1. The minimum Gasteiger partial charge on any atom is -0.330 e. The van der Waals surface area contributed by atoms with Gasteiger partial charge in [0, 0.05) is 12.3 Å². The van der Waals surface area contributed by atoms with Gasteiger partial charge in [0.05, 0.1) is 11.1 Å². The van der Waals surface area contributed by atoms with Crippen molar-refractivity contribution < 1.29 is 19.2 Å². The van der Waals surface area contributed by atoms with E-state index in [9.17, 15) is 14.4 Å². The van der Waals surface area contributed by atoms with Crippen LogP contribution in [-0.2, 0) is 9.63 Å². The summed E-state index contributed by atoms with van der Waals surface area (Å²) in [6.07, 6.45) is 2.40. The van der Waals surface area contributed by atoms with E-state index >= 15 is 0 Å². The van der Waals surface area contributed by atoms with Crippen LogP contribution in [0.5, 0.6) is 0 Å². The molecule has 1 aromatic rings. The Morgan fingerprint density at radius 2 is 1.65 bits per heavy atom. The molecule has 0 spiro atoms. The molecular weight excluding hydrogens is 282 g/mol. The number of carbonyl (C=O) groups is 3. The zero-order chi connectivity index (χ0) is 14.5. The predicted molar refractivity (Wildman–Crippen MR) is 72.2 cm³/mol.